The van der Waals surface area contributed by atoms with Crippen LogP contribution in [0, 0.1) is 11.3 Å². The van der Waals surface area contributed by atoms with Crippen molar-refractivity contribution in [1.29, 1.82) is 0 Å². The van der Waals surface area contributed by atoms with Crippen LogP contribution >= 0.6 is 0 Å². The zero-order valence-electron chi connectivity index (χ0n) is 15.4. The maximum Gasteiger partial charge on any atom is 0.314 e. The number of rotatable bonds is 2. The van der Waals surface area contributed by atoms with Crippen LogP contribution in [-0.4, -0.2) is 49.7 Å². The molecule has 4 bridgehead atoms. The first-order valence-corrected chi connectivity index (χ1v) is 8.83. The molecule has 6 unspecified atom stereocenters. The van der Waals surface area contributed by atoms with Crippen molar-refractivity contribution >= 4 is 11.9 Å². The van der Waals surface area contributed by atoms with Gasteiger partial charge in [-0.05, 0) is 38.4 Å². The minimum atomic E-state index is -0.746. The summed E-state index contributed by atoms with van der Waals surface area (Å²) >= 11 is 0. The predicted molar refractivity (Wildman–Crippen MR) is 92.1 cm³/mol. The van der Waals surface area contributed by atoms with Gasteiger partial charge in [-0.1, -0.05) is 24.3 Å². The number of piperidine rings is 2. The Labute approximate surface area is 148 Å². The van der Waals surface area contributed by atoms with E-state index in [9.17, 15) is 9.59 Å². The van der Waals surface area contributed by atoms with Crippen LogP contribution in [-0.2, 0) is 19.1 Å². The molecule has 1 aromatic rings. The fourth-order valence-electron chi connectivity index (χ4n) is 6.29. The Morgan fingerprint density at radius 2 is 1.80 bits per heavy atom. The summed E-state index contributed by atoms with van der Waals surface area (Å²) in [6.07, 6.45) is 0.746. The summed E-state index contributed by atoms with van der Waals surface area (Å²) in [5, 5.41) is 0. The lowest BCUT2D eigenvalue weighted by molar-refractivity contribution is -0.205. The molecule has 2 aliphatic carbocycles. The molecule has 1 aromatic carbocycles. The lowest BCUT2D eigenvalue weighted by Crippen LogP contribution is -2.75. The SMILES string of the molecule is COC(=O)C1C2c3ccccc3C3CC1(C)N(C)C(C)C32C(=O)OC. The van der Waals surface area contributed by atoms with Crippen molar-refractivity contribution < 1.29 is 19.1 Å². The normalized spacial score (nSPS) is 41.3. The molecule has 2 saturated heterocycles. The number of methoxy groups -OCH3 is 2. The highest BCUT2D eigenvalue weighted by Gasteiger charge is 2.77. The number of nitrogens with zero attached hydrogens (tertiary/aromatic N) is 1. The van der Waals surface area contributed by atoms with Gasteiger partial charge in [0.2, 0.25) is 0 Å². The zero-order chi connectivity index (χ0) is 18.1. The summed E-state index contributed by atoms with van der Waals surface area (Å²) < 4.78 is 10.5. The summed E-state index contributed by atoms with van der Waals surface area (Å²) in [6.45, 7) is 4.23. The van der Waals surface area contributed by atoms with Crippen molar-refractivity contribution in [1.82, 2.24) is 4.90 Å². The van der Waals surface area contributed by atoms with E-state index in [-0.39, 0.29) is 35.4 Å². The average Bonchev–Trinajstić information content (AvgIpc) is 2.84. The topological polar surface area (TPSA) is 55.8 Å². The van der Waals surface area contributed by atoms with Crippen LogP contribution in [0.2, 0.25) is 0 Å². The molecule has 1 saturated carbocycles. The number of hydrogen-bond donors (Lipinski definition) is 0. The standard InChI is InChI=1S/C20H25NO4/c1-11-20(18(23)25-5)14-10-19(2,21(11)3)16(17(22)24-4)15(20)13-9-7-6-8-12(13)14/h6-9,11,14-16H,10H2,1-5H3. The van der Waals surface area contributed by atoms with E-state index < -0.39 is 11.3 Å². The molecule has 0 radical (unpaired) electrons. The number of benzene rings is 1. The highest BCUT2D eigenvalue weighted by molar-refractivity contribution is 5.88. The average molecular weight is 343 g/mol. The summed E-state index contributed by atoms with van der Waals surface area (Å²) in [5.74, 6) is -0.988. The third-order valence-electron chi connectivity index (χ3n) is 7.49. The summed E-state index contributed by atoms with van der Waals surface area (Å²) in [5.41, 5.74) is 1.20. The van der Waals surface area contributed by atoms with Crippen LogP contribution < -0.4 is 0 Å². The second-order valence-electron chi connectivity index (χ2n) is 7.93. The Kier molecular flexibility index (Phi) is 3.36. The summed E-state index contributed by atoms with van der Waals surface area (Å²) in [6, 6.07) is 8.15. The highest BCUT2D eigenvalue weighted by Crippen LogP contribution is 2.73. The lowest BCUT2D eigenvalue weighted by atomic mass is 9.47. The molecule has 0 aromatic heterocycles. The minimum Gasteiger partial charge on any atom is -0.469 e. The minimum absolute atomic E-state index is 0.0259. The molecule has 0 amide bonds. The molecule has 5 heteroatoms. The molecule has 134 valence electrons. The summed E-state index contributed by atoms with van der Waals surface area (Å²) in [7, 11) is 4.89. The maximum atomic E-state index is 13.2. The van der Waals surface area contributed by atoms with E-state index in [0.717, 1.165) is 12.0 Å². The van der Waals surface area contributed by atoms with Crippen molar-refractivity contribution in [3.8, 4) is 0 Å². The van der Waals surface area contributed by atoms with Crippen molar-refractivity contribution in [3.63, 3.8) is 0 Å². The fourth-order valence-corrected chi connectivity index (χ4v) is 6.29. The molecule has 4 aliphatic rings. The van der Waals surface area contributed by atoms with E-state index in [2.05, 4.69) is 30.9 Å². The van der Waals surface area contributed by atoms with Gasteiger partial charge in [-0.15, -0.1) is 0 Å². The molecule has 25 heavy (non-hydrogen) atoms. The van der Waals surface area contributed by atoms with Gasteiger partial charge < -0.3 is 9.47 Å². The smallest absolute Gasteiger partial charge is 0.314 e. The largest absolute Gasteiger partial charge is 0.469 e. The van der Waals surface area contributed by atoms with E-state index >= 15 is 0 Å². The summed E-state index contributed by atoms with van der Waals surface area (Å²) in [4.78, 5) is 28.3. The third kappa shape index (κ3) is 1.63. The van der Waals surface area contributed by atoms with Gasteiger partial charge in [0, 0.05) is 23.4 Å². The Morgan fingerprint density at radius 1 is 1.16 bits per heavy atom. The number of carbonyl (C=O) groups excluding carboxylic acids is 2. The van der Waals surface area contributed by atoms with E-state index in [1.54, 1.807) is 0 Å². The predicted octanol–water partition coefficient (Wildman–Crippen LogP) is 2.31. The van der Waals surface area contributed by atoms with Crippen LogP contribution in [0.3, 0.4) is 0 Å². The first-order valence-electron chi connectivity index (χ1n) is 8.83. The lowest BCUT2D eigenvalue weighted by Gasteiger charge is -2.66. The van der Waals surface area contributed by atoms with Gasteiger partial charge in [0.05, 0.1) is 25.6 Å². The van der Waals surface area contributed by atoms with Gasteiger partial charge in [0.1, 0.15) is 0 Å². The molecule has 3 fully saturated rings. The van der Waals surface area contributed by atoms with Crippen LogP contribution in [0.4, 0.5) is 0 Å². The molecule has 2 heterocycles. The van der Waals surface area contributed by atoms with Crippen molar-refractivity contribution in [2.75, 3.05) is 21.3 Å². The number of esters is 2. The Morgan fingerprint density at radius 3 is 2.40 bits per heavy atom. The monoisotopic (exact) mass is 343 g/mol. The maximum absolute atomic E-state index is 13.2. The Hall–Kier alpha value is -1.88. The second-order valence-corrected chi connectivity index (χ2v) is 7.93. The fraction of sp³-hybridized carbons (Fsp3) is 0.600. The molecule has 5 nitrogen and oxygen atoms in total. The molecular formula is C20H25NO4. The van der Waals surface area contributed by atoms with Gasteiger partial charge in [-0.25, -0.2) is 0 Å². The number of fused-ring (bicyclic) bond motifs is 2. The van der Waals surface area contributed by atoms with E-state index in [4.69, 9.17) is 9.47 Å². The molecule has 5 rings (SSSR count). The first kappa shape index (κ1) is 16.6. The highest BCUT2D eigenvalue weighted by atomic mass is 16.5. The van der Waals surface area contributed by atoms with Crippen molar-refractivity contribution in [2.45, 2.75) is 43.7 Å². The van der Waals surface area contributed by atoms with Gasteiger partial charge in [-0.3, -0.25) is 14.5 Å². The van der Waals surface area contributed by atoms with Crippen molar-refractivity contribution in [3.05, 3.63) is 35.4 Å². The number of carbonyl (C=O) groups is 2. The van der Waals surface area contributed by atoms with Gasteiger partial charge in [-0.2, -0.15) is 0 Å². The van der Waals surface area contributed by atoms with E-state index in [0.29, 0.717) is 0 Å². The molecule has 2 aliphatic heterocycles. The van der Waals surface area contributed by atoms with Crippen molar-refractivity contribution in [2.24, 2.45) is 11.3 Å². The van der Waals surface area contributed by atoms with Gasteiger partial charge in [0.25, 0.3) is 0 Å². The molecule has 0 N–H and O–H groups in total. The van der Waals surface area contributed by atoms with Gasteiger partial charge in [0.15, 0.2) is 0 Å². The van der Waals surface area contributed by atoms with E-state index in [1.807, 2.05) is 19.2 Å². The third-order valence-corrected chi connectivity index (χ3v) is 7.49. The molecule has 0 spiro atoms. The van der Waals surface area contributed by atoms with Crippen LogP contribution in [0.5, 0.6) is 0 Å². The van der Waals surface area contributed by atoms with Crippen LogP contribution in [0.15, 0.2) is 24.3 Å². The Balaban J connectivity index is 2.05. The van der Waals surface area contributed by atoms with Gasteiger partial charge >= 0.3 is 11.9 Å². The second kappa shape index (κ2) is 5.07. The first-order chi connectivity index (χ1) is 11.9. The Bertz CT molecular complexity index is 762. The van der Waals surface area contributed by atoms with E-state index in [1.165, 1.54) is 19.8 Å². The van der Waals surface area contributed by atoms with Crippen LogP contribution in [0.1, 0.15) is 43.2 Å². The number of ether oxygens (including phenoxy) is 2. The molecule has 6 atom stereocenters. The molecular weight excluding hydrogens is 318 g/mol. The quantitative estimate of drug-likeness (QED) is 0.772. The van der Waals surface area contributed by atoms with Crippen LogP contribution in [0.25, 0.3) is 0 Å². The number of hydrogen-bond acceptors (Lipinski definition) is 5. The zero-order valence-corrected chi connectivity index (χ0v) is 15.4.